The molecule has 1 aromatic rings. The maximum atomic E-state index is 11.5. The zero-order valence-electron chi connectivity index (χ0n) is 8.10. The Morgan fingerprint density at radius 3 is 2.93 bits per heavy atom. The Morgan fingerprint density at radius 2 is 2.43 bits per heavy atom. The molecule has 0 radical (unpaired) electrons. The van der Waals surface area contributed by atoms with Crippen LogP contribution in [0.2, 0.25) is 0 Å². The number of aryl methyl sites for hydroxylation is 1. The minimum atomic E-state index is 0.199. The van der Waals surface area contributed by atoms with Crippen molar-refractivity contribution in [3.8, 4) is 0 Å². The highest BCUT2D eigenvalue weighted by Gasteiger charge is 2.20. The molecule has 1 N–H and O–H groups in total. The zero-order valence-corrected chi connectivity index (χ0v) is 8.10. The van der Waals surface area contributed by atoms with E-state index in [-0.39, 0.29) is 5.78 Å². The summed E-state index contributed by atoms with van der Waals surface area (Å²) < 4.78 is 0. The van der Waals surface area contributed by atoms with Crippen molar-refractivity contribution in [3.63, 3.8) is 0 Å². The molecular formula is C8H13N5O. The standard InChI is InChI=1S/C8H13N5O/c1-13-11-8(10-12-13)3-7(14)2-6-4-9-5-6/h6,9H,2-5H2,1H3. The van der Waals surface area contributed by atoms with E-state index in [0.717, 1.165) is 13.1 Å². The number of hydrogen-bond donors (Lipinski definition) is 1. The summed E-state index contributed by atoms with van der Waals surface area (Å²) in [5, 5.41) is 14.5. The topological polar surface area (TPSA) is 72.7 Å². The van der Waals surface area contributed by atoms with Crippen LogP contribution in [-0.2, 0) is 18.3 Å². The number of ketones is 1. The first-order valence-corrected chi connectivity index (χ1v) is 4.69. The molecule has 14 heavy (non-hydrogen) atoms. The minimum absolute atomic E-state index is 0.199. The molecule has 1 aliphatic heterocycles. The molecule has 2 heterocycles. The number of carbonyl (C=O) groups excluding carboxylic acids is 1. The van der Waals surface area contributed by atoms with E-state index in [1.807, 2.05) is 0 Å². The Kier molecular flexibility index (Phi) is 2.53. The molecule has 0 unspecified atom stereocenters. The van der Waals surface area contributed by atoms with Crippen molar-refractivity contribution >= 4 is 5.78 Å². The number of hydrogen-bond acceptors (Lipinski definition) is 5. The highest BCUT2D eigenvalue weighted by molar-refractivity contribution is 5.80. The molecule has 0 spiro atoms. The smallest absolute Gasteiger partial charge is 0.182 e. The number of Topliss-reactive ketones (excluding diaryl/α,β-unsaturated/α-hetero) is 1. The van der Waals surface area contributed by atoms with Gasteiger partial charge >= 0.3 is 0 Å². The monoisotopic (exact) mass is 195 g/mol. The fraction of sp³-hybridized carbons (Fsp3) is 0.750. The van der Waals surface area contributed by atoms with Crippen molar-refractivity contribution in [1.29, 1.82) is 0 Å². The first-order chi connectivity index (χ1) is 6.74. The third-order valence-electron chi connectivity index (χ3n) is 2.29. The Hall–Kier alpha value is -1.30. The van der Waals surface area contributed by atoms with Crippen LogP contribution in [-0.4, -0.2) is 39.1 Å². The summed E-state index contributed by atoms with van der Waals surface area (Å²) in [6, 6.07) is 0. The third kappa shape index (κ3) is 2.14. The van der Waals surface area contributed by atoms with E-state index in [4.69, 9.17) is 0 Å². The Morgan fingerprint density at radius 1 is 1.64 bits per heavy atom. The van der Waals surface area contributed by atoms with E-state index in [1.54, 1.807) is 7.05 Å². The van der Waals surface area contributed by atoms with Crippen molar-refractivity contribution < 1.29 is 4.79 Å². The van der Waals surface area contributed by atoms with Gasteiger partial charge in [0.15, 0.2) is 5.82 Å². The second kappa shape index (κ2) is 3.83. The molecule has 0 amide bonds. The molecule has 1 saturated heterocycles. The van der Waals surface area contributed by atoms with Crippen LogP contribution < -0.4 is 5.32 Å². The van der Waals surface area contributed by atoms with Crippen LogP contribution in [0.15, 0.2) is 0 Å². The van der Waals surface area contributed by atoms with Crippen LogP contribution in [0.1, 0.15) is 12.2 Å². The van der Waals surface area contributed by atoms with E-state index in [1.165, 1.54) is 4.80 Å². The predicted octanol–water partition coefficient (Wildman–Crippen LogP) is -1.07. The van der Waals surface area contributed by atoms with Gasteiger partial charge in [0.2, 0.25) is 0 Å². The molecule has 0 atom stereocenters. The lowest BCUT2D eigenvalue weighted by molar-refractivity contribution is -0.119. The molecule has 1 aromatic heterocycles. The van der Waals surface area contributed by atoms with Gasteiger partial charge in [-0.3, -0.25) is 4.79 Å². The number of rotatable bonds is 4. The molecule has 0 aromatic carbocycles. The average molecular weight is 195 g/mol. The Labute approximate surface area is 81.7 Å². The molecule has 6 nitrogen and oxygen atoms in total. The van der Waals surface area contributed by atoms with Gasteiger partial charge in [0.25, 0.3) is 0 Å². The zero-order chi connectivity index (χ0) is 9.97. The van der Waals surface area contributed by atoms with Crippen LogP contribution >= 0.6 is 0 Å². The normalized spacial score (nSPS) is 16.6. The van der Waals surface area contributed by atoms with Crippen LogP contribution in [0.4, 0.5) is 0 Å². The van der Waals surface area contributed by atoms with Crippen LogP contribution in [0.25, 0.3) is 0 Å². The van der Waals surface area contributed by atoms with Gasteiger partial charge in [-0.15, -0.1) is 10.2 Å². The Balaban J connectivity index is 1.81. The fourth-order valence-electron chi connectivity index (χ4n) is 1.46. The van der Waals surface area contributed by atoms with Gasteiger partial charge in [0, 0.05) is 6.42 Å². The first-order valence-electron chi connectivity index (χ1n) is 4.69. The number of nitrogens with zero attached hydrogens (tertiary/aromatic N) is 4. The molecular weight excluding hydrogens is 182 g/mol. The van der Waals surface area contributed by atoms with Gasteiger partial charge in [-0.1, -0.05) is 0 Å². The second-order valence-electron chi connectivity index (χ2n) is 3.64. The quantitative estimate of drug-likeness (QED) is 0.662. The Bertz CT molecular complexity index is 330. The van der Waals surface area contributed by atoms with Crippen molar-refractivity contribution in [2.24, 2.45) is 13.0 Å². The number of carbonyl (C=O) groups is 1. The van der Waals surface area contributed by atoms with Gasteiger partial charge in [0.05, 0.1) is 13.5 Å². The highest BCUT2D eigenvalue weighted by Crippen LogP contribution is 2.09. The molecule has 0 aliphatic carbocycles. The molecule has 0 bridgehead atoms. The van der Waals surface area contributed by atoms with Crippen LogP contribution in [0, 0.1) is 5.92 Å². The lowest BCUT2D eigenvalue weighted by atomic mass is 9.96. The number of nitrogens with one attached hydrogen (secondary N) is 1. The van der Waals surface area contributed by atoms with Crippen LogP contribution in [0.3, 0.4) is 0 Å². The fourth-order valence-corrected chi connectivity index (χ4v) is 1.46. The summed E-state index contributed by atoms with van der Waals surface area (Å²) in [6.07, 6.45) is 0.940. The maximum absolute atomic E-state index is 11.5. The van der Waals surface area contributed by atoms with Gasteiger partial charge in [-0.25, -0.2) is 0 Å². The summed E-state index contributed by atoms with van der Waals surface area (Å²) >= 11 is 0. The third-order valence-corrected chi connectivity index (χ3v) is 2.29. The van der Waals surface area contributed by atoms with Crippen molar-refractivity contribution in [3.05, 3.63) is 5.82 Å². The summed E-state index contributed by atoms with van der Waals surface area (Å²) in [7, 11) is 1.69. The van der Waals surface area contributed by atoms with E-state index >= 15 is 0 Å². The van der Waals surface area contributed by atoms with Gasteiger partial charge in [0.1, 0.15) is 5.78 Å². The van der Waals surface area contributed by atoms with Crippen molar-refractivity contribution in [2.45, 2.75) is 12.8 Å². The molecule has 76 valence electrons. The van der Waals surface area contributed by atoms with Gasteiger partial charge < -0.3 is 5.32 Å². The summed E-state index contributed by atoms with van der Waals surface area (Å²) in [5.41, 5.74) is 0. The maximum Gasteiger partial charge on any atom is 0.182 e. The molecule has 1 aliphatic rings. The van der Waals surface area contributed by atoms with Crippen molar-refractivity contribution in [2.75, 3.05) is 13.1 Å². The highest BCUT2D eigenvalue weighted by atomic mass is 16.1. The van der Waals surface area contributed by atoms with Gasteiger partial charge in [-0.2, -0.15) is 4.80 Å². The number of tetrazole rings is 1. The first kappa shape index (κ1) is 9.26. The van der Waals surface area contributed by atoms with E-state index in [9.17, 15) is 4.79 Å². The summed E-state index contributed by atoms with van der Waals surface area (Å²) in [5.74, 6) is 1.23. The SMILES string of the molecule is Cn1nnc(CC(=O)CC2CNC2)n1. The van der Waals surface area contributed by atoms with Crippen molar-refractivity contribution in [1.82, 2.24) is 25.5 Å². The van der Waals surface area contributed by atoms with E-state index in [2.05, 4.69) is 20.7 Å². The summed E-state index contributed by atoms with van der Waals surface area (Å²) in [4.78, 5) is 12.8. The molecule has 1 fully saturated rings. The second-order valence-corrected chi connectivity index (χ2v) is 3.64. The van der Waals surface area contributed by atoms with E-state index in [0.29, 0.717) is 24.6 Å². The largest absolute Gasteiger partial charge is 0.316 e. The lowest BCUT2D eigenvalue weighted by Gasteiger charge is -2.25. The number of aromatic nitrogens is 4. The molecule has 6 heteroatoms. The predicted molar refractivity (Wildman–Crippen MR) is 48.5 cm³/mol. The molecule has 0 saturated carbocycles. The molecule has 2 rings (SSSR count). The minimum Gasteiger partial charge on any atom is -0.316 e. The van der Waals surface area contributed by atoms with Gasteiger partial charge in [-0.05, 0) is 24.2 Å². The summed E-state index contributed by atoms with van der Waals surface area (Å²) in [6.45, 7) is 1.92. The van der Waals surface area contributed by atoms with E-state index < -0.39 is 0 Å². The lowest BCUT2D eigenvalue weighted by Crippen LogP contribution is -2.43. The van der Waals surface area contributed by atoms with Crippen LogP contribution in [0.5, 0.6) is 0 Å². The average Bonchev–Trinajstić information content (AvgIpc) is 2.44.